The smallest absolute Gasteiger partial charge is 0.307 e. The summed E-state index contributed by atoms with van der Waals surface area (Å²) in [5, 5.41) is 3.90. The van der Waals surface area contributed by atoms with E-state index in [2.05, 4.69) is 21.1 Å². The maximum Gasteiger partial charge on any atom is 0.329 e. The number of nitrogens with zero attached hydrogens (tertiary/aromatic N) is 1. The predicted octanol–water partition coefficient (Wildman–Crippen LogP) is 3.89. The molecule has 0 radical (unpaired) electrons. The van der Waals surface area contributed by atoms with Gasteiger partial charge in [-0.1, -0.05) is 12.1 Å². The molecule has 23 heavy (non-hydrogen) atoms. The summed E-state index contributed by atoms with van der Waals surface area (Å²) in [4.78, 5) is 16.5. The summed E-state index contributed by atoms with van der Waals surface area (Å²) in [6, 6.07) is 7.85. The molecule has 2 aromatic rings. The van der Waals surface area contributed by atoms with E-state index in [0.29, 0.717) is 0 Å². The van der Waals surface area contributed by atoms with Crippen LogP contribution in [0.4, 0.5) is 10.5 Å². The van der Waals surface area contributed by atoms with Gasteiger partial charge in [0.2, 0.25) is 0 Å². The molecule has 0 aliphatic heterocycles. The SMILES string of the molecule is O=C(NSc1ccccn1)Nc1c2c(cc3c1CCC3)CCC2. The first-order valence-electron chi connectivity index (χ1n) is 8.12. The maximum atomic E-state index is 12.3. The molecule has 5 heteroatoms. The summed E-state index contributed by atoms with van der Waals surface area (Å²) < 4.78 is 2.83. The zero-order valence-electron chi connectivity index (χ0n) is 12.9. The number of fused-ring (bicyclic) bond motifs is 2. The lowest BCUT2D eigenvalue weighted by molar-refractivity contribution is 0.257. The zero-order chi connectivity index (χ0) is 15.6. The second kappa shape index (κ2) is 6.24. The Bertz CT molecular complexity index is 713. The van der Waals surface area contributed by atoms with Gasteiger partial charge in [0.25, 0.3) is 0 Å². The Labute approximate surface area is 140 Å². The largest absolute Gasteiger partial charge is 0.329 e. The van der Waals surface area contributed by atoms with Crippen LogP contribution < -0.4 is 10.0 Å². The van der Waals surface area contributed by atoms with E-state index in [1.54, 1.807) is 6.20 Å². The molecule has 2 N–H and O–H groups in total. The number of hydrogen-bond acceptors (Lipinski definition) is 3. The molecule has 1 aromatic heterocycles. The summed E-state index contributed by atoms with van der Waals surface area (Å²) in [6.07, 6.45) is 8.54. The van der Waals surface area contributed by atoms with E-state index >= 15 is 0 Å². The number of pyridine rings is 1. The van der Waals surface area contributed by atoms with Gasteiger partial charge in [0.1, 0.15) is 5.03 Å². The molecule has 0 saturated heterocycles. The fourth-order valence-electron chi connectivity index (χ4n) is 3.61. The van der Waals surface area contributed by atoms with Crippen molar-refractivity contribution < 1.29 is 4.79 Å². The molecule has 4 nitrogen and oxygen atoms in total. The number of carbonyl (C=O) groups excluding carboxylic acids is 1. The van der Waals surface area contributed by atoms with Crippen LogP contribution in [0, 0.1) is 0 Å². The Kier molecular flexibility index (Phi) is 3.95. The number of aromatic nitrogens is 1. The van der Waals surface area contributed by atoms with Gasteiger partial charge in [0, 0.05) is 23.8 Å². The molecule has 0 bridgehead atoms. The number of aryl methyl sites for hydroxylation is 2. The number of rotatable bonds is 3. The average Bonchev–Trinajstić information content (AvgIpc) is 3.22. The normalized spacial score (nSPS) is 15.1. The second-order valence-corrected chi connectivity index (χ2v) is 6.89. The Hall–Kier alpha value is -2.01. The lowest BCUT2D eigenvalue weighted by atomic mass is 9.99. The van der Waals surface area contributed by atoms with E-state index in [1.807, 2.05) is 18.2 Å². The van der Waals surface area contributed by atoms with Gasteiger partial charge in [0.15, 0.2) is 0 Å². The van der Waals surface area contributed by atoms with Gasteiger partial charge in [-0.25, -0.2) is 9.78 Å². The van der Waals surface area contributed by atoms with Crippen molar-refractivity contribution in [3.05, 3.63) is 52.7 Å². The number of carbonyl (C=O) groups is 1. The van der Waals surface area contributed by atoms with Gasteiger partial charge in [-0.15, -0.1) is 0 Å². The van der Waals surface area contributed by atoms with Crippen molar-refractivity contribution in [3.8, 4) is 0 Å². The van der Waals surface area contributed by atoms with Gasteiger partial charge in [-0.05, 0) is 72.9 Å². The first-order valence-corrected chi connectivity index (χ1v) is 8.94. The second-order valence-electron chi connectivity index (χ2n) is 6.06. The molecule has 1 heterocycles. The monoisotopic (exact) mass is 325 g/mol. The summed E-state index contributed by atoms with van der Waals surface area (Å²) in [5.41, 5.74) is 6.63. The van der Waals surface area contributed by atoms with E-state index in [9.17, 15) is 4.79 Å². The summed E-state index contributed by atoms with van der Waals surface area (Å²) in [7, 11) is 0. The van der Waals surface area contributed by atoms with Crippen LogP contribution >= 0.6 is 11.9 Å². The molecule has 4 rings (SSSR count). The third-order valence-corrected chi connectivity index (χ3v) is 5.34. The number of nitrogens with one attached hydrogen (secondary N) is 2. The molecule has 2 aliphatic rings. The van der Waals surface area contributed by atoms with Crippen molar-refractivity contribution in [2.45, 2.75) is 43.6 Å². The Balaban J connectivity index is 1.51. The molecule has 0 saturated carbocycles. The van der Waals surface area contributed by atoms with Crippen LogP contribution in [0.25, 0.3) is 0 Å². The summed E-state index contributed by atoms with van der Waals surface area (Å²) in [5.74, 6) is 0. The van der Waals surface area contributed by atoms with E-state index in [1.165, 1.54) is 47.0 Å². The zero-order valence-corrected chi connectivity index (χ0v) is 13.7. The van der Waals surface area contributed by atoms with Crippen LogP contribution in [-0.4, -0.2) is 11.0 Å². The van der Waals surface area contributed by atoms with Crippen molar-refractivity contribution >= 4 is 23.7 Å². The highest BCUT2D eigenvalue weighted by Crippen LogP contribution is 2.38. The van der Waals surface area contributed by atoms with Gasteiger partial charge >= 0.3 is 6.03 Å². The van der Waals surface area contributed by atoms with Crippen molar-refractivity contribution in [2.24, 2.45) is 0 Å². The summed E-state index contributed by atoms with van der Waals surface area (Å²) in [6.45, 7) is 0. The molecule has 0 spiro atoms. The molecule has 0 unspecified atom stereocenters. The van der Waals surface area contributed by atoms with Crippen LogP contribution in [0.15, 0.2) is 35.5 Å². The molecule has 1 aromatic carbocycles. The summed E-state index contributed by atoms with van der Waals surface area (Å²) >= 11 is 1.24. The topological polar surface area (TPSA) is 54.0 Å². The van der Waals surface area contributed by atoms with Crippen LogP contribution in [0.5, 0.6) is 0 Å². The van der Waals surface area contributed by atoms with Gasteiger partial charge < -0.3 is 5.32 Å². The van der Waals surface area contributed by atoms with Crippen molar-refractivity contribution in [3.63, 3.8) is 0 Å². The quantitative estimate of drug-likeness (QED) is 0.842. The third kappa shape index (κ3) is 2.93. The van der Waals surface area contributed by atoms with Crippen molar-refractivity contribution in [1.82, 2.24) is 9.71 Å². The highest BCUT2D eigenvalue weighted by atomic mass is 32.2. The fourth-order valence-corrected chi connectivity index (χ4v) is 4.12. The van der Waals surface area contributed by atoms with Crippen LogP contribution in [0.3, 0.4) is 0 Å². The van der Waals surface area contributed by atoms with Crippen LogP contribution in [-0.2, 0) is 25.7 Å². The molecule has 0 fully saturated rings. The number of anilines is 1. The Morgan fingerprint density at radius 3 is 2.43 bits per heavy atom. The highest BCUT2D eigenvalue weighted by molar-refractivity contribution is 7.97. The lowest BCUT2D eigenvalue weighted by Crippen LogP contribution is -2.24. The highest BCUT2D eigenvalue weighted by Gasteiger charge is 2.24. The average molecular weight is 325 g/mol. The number of amides is 2. The minimum atomic E-state index is -0.171. The van der Waals surface area contributed by atoms with Gasteiger partial charge in [-0.2, -0.15) is 0 Å². The number of benzene rings is 1. The Morgan fingerprint density at radius 2 is 1.78 bits per heavy atom. The minimum Gasteiger partial charge on any atom is -0.307 e. The fraction of sp³-hybridized carbons (Fsp3) is 0.333. The third-order valence-electron chi connectivity index (χ3n) is 4.60. The Morgan fingerprint density at radius 1 is 1.04 bits per heavy atom. The number of urea groups is 1. The molecule has 2 aliphatic carbocycles. The molecular formula is C18H19N3OS. The first kappa shape index (κ1) is 14.6. The standard InChI is InChI=1S/C18H19N3OS/c22-18(21-23-16-9-1-2-10-19-16)20-17-14-7-3-5-12(14)11-13-6-4-8-15(13)17/h1-2,9-11H,3-8H2,(H2,20,21,22). The maximum absolute atomic E-state index is 12.3. The lowest BCUT2D eigenvalue weighted by Gasteiger charge is -2.16. The number of hydrogen-bond donors (Lipinski definition) is 2. The molecule has 118 valence electrons. The van der Waals surface area contributed by atoms with Crippen molar-refractivity contribution in [2.75, 3.05) is 5.32 Å². The van der Waals surface area contributed by atoms with Gasteiger partial charge in [-0.3, -0.25) is 4.72 Å². The molecular weight excluding hydrogens is 306 g/mol. The van der Waals surface area contributed by atoms with E-state index in [4.69, 9.17) is 0 Å². The minimum absolute atomic E-state index is 0.171. The molecule has 0 atom stereocenters. The van der Waals surface area contributed by atoms with E-state index in [-0.39, 0.29) is 6.03 Å². The van der Waals surface area contributed by atoms with Gasteiger partial charge in [0.05, 0.1) is 0 Å². The first-order chi connectivity index (χ1) is 11.3. The van der Waals surface area contributed by atoms with Crippen molar-refractivity contribution in [1.29, 1.82) is 0 Å². The molecule has 2 amide bonds. The predicted molar refractivity (Wildman–Crippen MR) is 92.7 cm³/mol. The van der Waals surface area contributed by atoms with E-state index in [0.717, 1.165) is 36.4 Å². The van der Waals surface area contributed by atoms with Crippen LogP contribution in [0.2, 0.25) is 0 Å². The van der Waals surface area contributed by atoms with E-state index < -0.39 is 0 Å². The van der Waals surface area contributed by atoms with Crippen LogP contribution in [0.1, 0.15) is 35.1 Å².